The van der Waals surface area contributed by atoms with Crippen LogP contribution in [0.25, 0.3) is 11.2 Å². The molecule has 0 amide bonds. The number of aryl methyl sites for hydroxylation is 2. The molecule has 0 aromatic carbocycles. The topological polar surface area (TPSA) is 79.4 Å². The molecule has 0 spiro atoms. The molecule has 2 N–H and O–H groups in total. The molecular formula is C14H16N6. The van der Waals surface area contributed by atoms with Gasteiger partial charge >= 0.3 is 0 Å². The molecule has 3 aromatic heterocycles. The summed E-state index contributed by atoms with van der Waals surface area (Å²) in [6.45, 7) is 2.91. The van der Waals surface area contributed by atoms with Crippen LogP contribution in [-0.4, -0.2) is 31.7 Å². The Morgan fingerprint density at radius 2 is 2.10 bits per heavy atom. The Bertz CT molecular complexity index is 705. The number of H-pyrrole nitrogens is 1. The summed E-state index contributed by atoms with van der Waals surface area (Å²) in [7, 11) is 0. The third kappa shape index (κ3) is 2.74. The lowest BCUT2D eigenvalue weighted by molar-refractivity contribution is 0.854. The number of pyridine rings is 1. The van der Waals surface area contributed by atoms with Crippen molar-refractivity contribution < 1.29 is 0 Å². The highest BCUT2D eigenvalue weighted by Crippen LogP contribution is 2.11. The molecule has 0 atom stereocenters. The summed E-state index contributed by atoms with van der Waals surface area (Å²) in [6.07, 6.45) is 7.24. The maximum Gasteiger partial charge on any atom is 0.180 e. The average molecular weight is 268 g/mol. The van der Waals surface area contributed by atoms with Crippen molar-refractivity contribution in [1.29, 1.82) is 0 Å². The minimum absolute atomic E-state index is 0.670. The van der Waals surface area contributed by atoms with E-state index in [9.17, 15) is 0 Å². The Morgan fingerprint density at radius 1 is 1.20 bits per heavy atom. The smallest absolute Gasteiger partial charge is 0.180 e. The van der Waals surface area contributed by atoms with E-state index >= 15 is 0 Å². The molecule has 102 valence electrons. The van der Waals surface area contributed by atoms with Crippen LogP contribution < -0.4 is 5.32 Å². The highest BCUT2D eigenvalue weighted by molar-refractivity contribution is 5.71. The number of aromatic nitrogens is 5. The van der Waals surface area contributed by atoms with Crippen LogP contribution in [-0.2, 0) is 6.42 Å². The van der Waals surface area contributed by atoms with Crippen molar-refractivity contribution in [2.75, 3.05) is 11.9 Å². The summed E-state index contributed by atoms with van der Waals surface area (Å²) in [6, 6.07) is 3.86. The Hall–Kier alpha value is -2.50. The van der Waals surface area contributed by atoms with Crippen LogP contribution in [0.3, 0.4) is 0 Å². The predicted octanol–water partition coefficient (Wildman–Crippen LogP) is 2.10. The number of anilines is 1. The Morgan fingerprint density at radius 3 is 2.95 bits per heavy atom. The van der Waals surface area contributed by atoms with Gasteiger partial charge in [0.25, 0.3) is 0 Å². The van der Waals surface area contributed by atoms with Gasteiger partial charge in [-0.3, -0.25) is 10.1 Å². The first-order valence-corrected chi connectivity index (χ1v) is 6.63. The number of rotatable bonds is 5. The van der Waals surface area contributed by atoms with Crippen molar-refractivity contribution in [2.24, 2.45) is 0 Å². The summed E-state index contributed by atoms with van der Waals surface area (Å²) in [5.74, 6) is 0.835. The van der Waals surface area contributed by atoms with Gasteiger partial charge < -0.3 is 5.32 Å². The molecule has 0 aliphatic carbocycles. The minimum atomic E-state index is 0.670. The molecular weight excluding hydrogens is 252 g/mol. The molecule has 0 saturated heterocycles. The van der Waals surface area contributed by atoms with Crippen molar-refractivity contribution in [3.8, 4) is 0 Å². The standard InChI is InChI=1S/C14H16N6/c1-10-11(9-18-20-10)3-2-6-16-13-5-4-12-14(19-13)17-8-7-15-12/h4-5,7-9H,2-3,6H2,1H3,(H,18,20)(H,16,17,19). The van der Waals surface area contributed by atoms with Crippen molar-refractivity contribution in [3.63, 3.8) is 0 Å². The number of aromatic amines is 1. The van der Waals surface area contributed by atoms with E-state index in [1.165, 1.54) is 5.56 Å². The van der Waals surface area contributed by atoms with Crippen LogP contribution in [0.2, 0.25) is 0 Å². The van der Waals surface area contributed by atoms with E-state index in [1.54, 1.807) is 12.4 Å². The molecule has 0 fully saturated rings. The third-order valence-corrected chi connectivity index (χ3v) is 3.19. The van der Waals surface area contributed by atoms with Crippen LogP contribution in [0.5, 0.6) is 0 Å². The zero-order chi connectivity index (χ0) is 13.8. The molecule has 3 heterocycles. The van der Waals surface area contributed by atoms with E-state index in [1.807, 2.05) is 25.3 Å². The van der Waals surface area contributed by atoms with E-state index in [4.69, 9.17) is 0 Å². The fourth-order valence-corrected chi connectivity index (χ4v) is 2.08. The fraction of sp³-hybridized carbons (Fsp3) is 0.286. The maximum absolute atomic E-state index is 4.42. The van der Waals surface area contributed by atoms with Gasteiger partial charge in [0.2, 0.25) is 0 Å². The molecule has 6 nitrogen and oxygen atoms in total. The van der Waals surface area contributed by atoms with Crippen molar-refractivity contribution >= 4 is 17.0 Å². The van der Waals surface area contributed by atoms with E-state index in [0.29, 0.717) is 5.65 Å². The number of hydrogen-bond acceptors (Lipinski definition) is 5. The Labute approximate surface area is 116 Å². The fourth-order valence-electron chi connectivity index (χ4n) is 2.08. The molecule has 6 heteroatoms. The largest absolute Gasteiger partial charge is 0.370 e. The van der Waals surface area contributed by atoms with Gasteiger partial charge in [-0.05, 0) is 37.5 Å². The van der Waals surface area contributed by atoms with Gasteiger partial charge in [0.15, 0.2) is 5.65 Å². The molecule has 0 aliphatic rings. The van der Waals surface area contributed by atoms with Crippen LogP contribution in [0, 0.1) is 6.92 Å². The zero-order valence-electron chi connectivity index (χ0n) is 11.3. The number of fused-ring (bicyclic) bond motifs is 1. The molecule has 0 saturated carbocycles. The highest BCUT2D eigenvalue weighted by atomic mass is 15.1. The van der Waals surface area contributed by atoms with E-state index in [0.717, 1.165) is 36.4 Å². The van der Waals surface area contributed by atoms with Crippen LogP contribution >= 0.6 is 0 Å². The predicted molar refractivity (Wildman–Crippen MR) is 77.5 cm³/mol. The second-order valence-electron chi connectivity index (χ2n) is 4.65. The molecule has 3 aromatic rings. The molecule has 0 radical (unpaired) electrons. The second kappa shape index (κ2) is 5.64. The number of nitrogens with one attached hydrogen (secondary N) is 2. The van der Waals surface area contributed by atoms with Crippen LogP contribution in [0.1, 0.15) is 17.7 Å². The first-order chi connectivity index (χ1) is 9.83. The lowest BCUT2D eigenvalue weighted by atomic mass is 10.1. The molecule has 0 bridgehead atoms. The van der Waals surface area contributed by atoms with Gasteiger partial charge in [-0.25, -0.2) is 9.97 Å². The maximum atomic E-state index is 4.42. The van der Waals surface area contributed by atoms with Gasteiger partial charge in [-0.2, -0.15) is 5.10 Å². The lowest BCUT2D eigenvalue weighted by Gasteiger charge is -2.05. The van der Waals surface area contributed by atoms with Gasteiger partial charge in [0.05, 0.1) is 6.20 Å². The third-order valence-electron chi connectivity index (χ3n) is 3.19. The van der Waals surface area contributed by atoms with Gasteiger partial charge in [-0.15, -0.1) is 0 Å². The van der Waals surface area contributed by atoms with Crippen LogP contribution in [0.15, 0.2) is 30.7 Å². The quantitative estimate of drug-likeness (QED) is 0.693. The average Bonchev–Trinajstić information content (AvgIpc) is 2.89. The zero-order valence-corrected chi connectivity index (χ0v) is 11.3. The highest BCUT2D eigenvalue weighted by Gasteiger charge is 2.01. The lowest BCUT2D eigenvalue weighted by Crippen LogP contribution is -2.05. The van der Waals surface area contributed by atoms with Gasteiger partial charge in [-0.1, -0.05) is 0 Å². The SMILES string of the molecule is Cc1[nH]ncc1CCCNc1ccc2nccnc2n1. The first kappa shape index (κ1) is 12.5. The monoisotopic (exact) mass is 268 g/mol. The van der Waals surface area contributed by atoms with Gasteiger partial charge in [0.1, 0.15) is 11.3 Å². The van der Waals surface area contributed by atoms with E-state index in [-0.39, 0.29) is 0 Å². The van der Waals surface area contributed by atoms with Crippen LogP contribution in [0.4, 0.5) is 5.82 Å². The van der Waals surface area contributed by atoms with Crippen molar-refractivity contribution in [3.05, 3.63) is 42.0 Å². The number of hydrogen-bond donors (Lipinski definition) is 2. The van der Waals surface area contributed by atoms with E-state index < -0.39 is 0 Å². The molecule has 3 rings (SSSR count). The second-order valence-corrected chi connectivity index (χ2v) is 4.65. The summed E-state index contributed by atoms with van der Waals surface area (Å²) >= 11 is 0. The van der Waals surface area contributed by atoms with Crippen molar-refractivity contribution in [2.45, 2.75) is 19.8 Å². The summed E-state index contributed by atoms with van der Waals surface area (Å²) in [4.78, 5) is 12.8. The summed E-state index contributed by atoms with van der Waals surface area (Å²) in [5.41, 5.74) is 3.89. The Balaban J connectivity index is 1.56. The van der Waals surface area contributed by atoms with Crippen molar-refractivity contribution in [1.82, 2.24) is 25.1 Å². The molecule has 20 heavy (non-hydrogen) atoms. The van der Waals surface area contributed by atoms with Gasteiger partial charge in [0, 0.05) is 24.6 Å². The molecule has 0 aliphatic heterocycles. The number of nitrogens with zero attached hydrogens (tertiary/aromatic N) is 4. The summed E-state index contributed by atoms with van der Waals surface area (Å²) in [5, 5.41) is 10.3. The minimum Gasteiger partial charge on any atom is -0.370 e. The normalized spacial score (nSPS) is 10.8. The summed E-state index contributed by atoms with van der Waals surface area (Å²) < 4.78 is 0. The van der Waals surface area contributed by atoms with E-state index in [2.05, 4.69) is 30.5 Å². The Kier molecular flexibility index (Phi) is 3.54. The molecule has 0 unspecified atom stereocenters. The first-order valence-electron chi connectivity index (χ1n) is 6.63.